The van der Waals surface area contributed by atoms with Gasteiger partial charge in [-0.3, -0.25) is 14.4 Å². The first-order valence-electron chi connectivity index (χ1n) is 26.8. The fourth-order valence-corrected chi connectivity index (χ4v) is 7.42. The van der Waals surface area contributed by atoms with Crippen LogP contribution in [0.5, 0.6) is 0 Å². The largest absolute Gasteiger partial charge is 0.462 e. The van der Waals surface area contributed by atoms with Crippen molar-refractivity contribution in [3.05, 3.63) is 60.8 Å². The van der Waals surface area contributed by atoms with Crippen molar-refractivity contribution in [2.75, 3.05) is 13.2 Å². The lowest BCUT2D eigenvalue weighted by molar-refractivity contribution is -0.167. The average Bonchev–Trinajstić information content (AvgIpc) is 3.28. The number of hydrogen-bond acceptors (Lipinski definition) is 6. The lowest BCUT2D eigenvalue weighted by atomic mass is 10.1. The molecule has 0 saturated heterocycles. The molecule has 0 heterocycles. The molecule has 0 aromatic rings. The van der Waals surface area contributed by atoms with Gasteiger partial charge in [0.15, 0.2) is 6.10 Å². The highest BCUT2D eigenvalue weighted by molar-refractivity contribution is 5.71. The minimum Gasteiger partial charge on any atom is -0.462 e. The Morgan fingerprint density at radius 3 is 0.937 bits per heavy atom. The average molecular weight is 881 g/mol. The van der Waals surface area contributed by atoms with E-state index in [9.17, 15) is 14.4 Å². The Morgan fingerprint density at radius 2 is 0.571 bits per heavy atom. The summed E-state index contributed by atoms with van der Waals surface area (Å²) in [4.78, 5) is 37.9. The SMILES string of the molecule is CCCCC/C=C\C/C=C\C/C=C\CCCCCCCCC(=O)OCC(COC(=O)CCCCCCCCCC)OC(=O)CCCCCCCCC/C=C\C/C=C\CCCCCC. The second kappa shape index (κ2) is 51.7. The molecular weight excluding hydrogens is 781 g/mol. The van der Waals surface area contributed by atoms with Crippen LogP contribution >= 0.6 is 0 Å². The molecule has 0 aliphatic carbocycles. The molecule has 0 amide bonds. The number of hydrogen-bond donors (Lipinski definition) is 0. The fourth-order valence-electron chi connectivity index (χ4n) is 7.42. The number of carbonyl (C=O) groups excluding carboxylic acids is 3. The van der Waals surface area contributed by atoms with Crippen LogP contribution in [0.25, 0.3) is 0 Å². The van der Waals surface area contributed by atoms with E-state index in [1.807, 2.05) is 0 Å². The first-order chi connectivity index (χ1) is 31.0. The summed E-state index contributed by atoms with van der Waals surface area (Å²) in [5.74, 6) is -0.901. The molecule has 0 spiro atoms. The van der Waals surface area contributed by atoms with Crippen LogP contribution in [0.4, 0.5) is 0 Å². The van der Waals surface area contributed by atoms with E-state index in [4.69, 9.17) is 14.2 Å². The Morgan fingerprint density at radius 1 is 0.317 bits per heavy atom. The maximum atomic E-state index is 12.8. The lowest BCUT2D eigenvalue weighted by Crippen LogP contribution is -2.30. The van der Waals surface area contributed by atoms with Gasteiger partial charge in [0.25, 0.3) is 0 Å². The standard InChI is InChI=1S/C57H100O6/c1-4-7-10-13-16-19-21-23-25-27-29-31-32-34-36-38-41-44-47-50-56(59)62-53-54(52-61-55(58)49-46-43-40-18-15-12-9-6-3)63-57(60)51-48-45-42-39-37-35-33-30-28-26-24-22-20-17-14-11-8-5-2/h16,19-20,22-23,25-26,28-29,31,54H,4-15,17-18,21,24,27,30,32-53H2,1-3H3/b19-16-,22-20-,25-23-,28-26-,31-29-. The summed E-state index contributed by atoms with van der Waals surface area (Å²) in [6.45, 7) is 6.56. The number of carbonyl (C=O) groups is 3. The molecule has 1 atom stereocenters. The highest BCUT2D eigenvalue weighted by Gasteiger charge is 2.19. The summed E-state index contributed by atoms with van der Waals surface area (Å²) >= 11 is 0. The molecule has 0 aliphatic rings. The van der Waals surface area contributed by atoms with E-state index in [0.717, 1.165) is 89.9 Å². The highest BCUT2D eigenvalue weighted by atomic mass is 16.6. The van der Waals surface area contributed by atoms with Gasteiger partial charge in [-0.05, 0) is 89.9 Å². The van der Waals surface area contributed by atoms with Crippen LogP contribution in [0.15, 0.2) is 60.8 Å². The third kappa shape index (κ3) is 50.0. The van der Waals surface area contributed by atoms with Gasteiger partial charge in [-0.25, -0.2) is 0 Å². The molecule has 6 nitrogen and oxygen atoms in total. The van der Waals surface area contributed by atoms with Crippen molar-refractivity contribution in [1.29, 1.82) is 0 Å². The Balaban J connectivity index is 4.31. The summed E-state index contributed by atoms with van der Waals surface area (Å²) in [5.41, 5.74) is 0. The van der Waals surface area contributed by atoms with Crippen LogP contribution in [0.1, 0.15) is 265 Å². The molecule has 0 saturated carbocycles. The minimum absolute atomic E-state index is 0.0807. The van der Waals surface area contributed by atoms with Crippen molar-refractivity contribution >= 4 is 17.9 Å². The highest BCUT2D eigenvalue weighted by Crippen LogP contribution is 2.14. The lowest BCUT2D eigenvalue weighted by Gasteiger charge is -2.18. The molecule has 364 valence electrons. The first kappa shape index (κ1) is 60.1. The number of rotatable bonds is 48. The van der Waals surface area contributed by atoms with Gasteiger partial charge in [0.2, 0.25) is 0 Å². The molecule has 0 aromatic heterocycles. The van der Waals surface area contributed by atoms with E-state index < -0.39 is 6.10 Å². The molecule has 0 radical (unpaired) electrons. The quantitative estimate of drug-likeness (QED) is 0.0262. The van der Waals surface area contributed by atoms with Crippen LogP contribution in [-0.4, -0.2) is 37.2 Å². The molecule has 0 aromatic carbocycles. The Bertz CT molecular complexity index is 1150. The van der Waals surface area contributed by atoms with Gasteiger partial charge in [0, 0.05) is 19.3 Å². The van der Waals surface area contributed by atoms with Gasteiger partial charge in [-0.1, -0.05) is 216 Å². The van der Waals surface area contributed by atoms with Crippen molar-refractivity contribution in [3.8, 4) is 0 Å². The zero-order valence-electron chi connectivity index (χ0n) is 41.6. The van der Waals surface area contributed by atoms with E-state index >= 15 is 0 Å². The van der Waals surface area contributed by atoms with Crippen molar-refractivity contribution in [3.63, 3.8) is 0 Å². The topological polar surface area (TPSA) is 78.9 Å². The zero-order valence-corrected chi connectivity index (χ0v) is 41.6. The first-order valence-corrected chi connectivity index (χ1v) is 26.8. The van der Waals surface area contributed by atoms with Crippen LogP contribution in [0.2, 0.25) is 0 Å². The van der Waals surface area contributed by atoms with E-state index in [2.05, 4.69) is 81.5 Å². The Hall–Kier alpha value is -2.89. The van der Waals surface area contributed by atoms with Crippen molar-refractivity contribution < 1.29 is 28.6 Å². The second-order valence-electron chi connectivity index (χ2n) is 17.8. The smallest absolute Gasteiger partial charge is 0.306 e. The number of unbranched alkanes of at least 4 members (excludes halogenated alkanes) is 27. The van der Waals surface area contributed by atoms with E-state index in [0.29, 0.717) is 19.3 Å². The second-order valence-corrected chi connectivity index (χ2v) is 17.8. The Kier molecular flexibility index (Phi) is 49.4. The van der Waals surface area contributed by atoms with E-state index in [-0.39, 0.29) is 31.1 Å². The van der Waals surface area contributed by atoms with Crippen molar-refractivity contribution in [1.82, 2.24) is 0 Å². The van der Waals surface area contributed by atoms with Crippen LogP contribution in [0.3, 0.4) is 0 Å². The molecule has 0 aliphatic heterocycles. The van der Waals surface area contributed by atoms with E-state index in [1.165, 1.54) is 135 Å². The predicted molar refractivity (Wildman–Crippen MR) is 270 cm³/mol. The van der Waals surface area contributed by atoms with Gasteiger partial charge in [-0.15, -0.1) is 0 Å². The normalized spacial score (nSPS) is 12.5. The maximum Gasteiger partial charge on any atom is 0.306 e. The van der Waals surface area contributed by atoms with Gasteiger partial charge in [0.05, 0.1) is 0 Å². The summed E-state index contributed by atoms with van der Waals surface area (Å²) < 4.78 is 16.8. The van der Waals surface area contributed by atoms with Gasteiger partial charge in [0.1, 0.15) is 13.2 Å². The fraction of sp³-hybridized carbons (Fsp3) is 0.772. The van der Waals surface area contributed by atoms with Crippen LogP contribution < -0.4 is 0 Å². The summed E-state index contributed by atoms with van der Waals surface area (Å²) in [6, 6.07) is 0. The predicted octanol–water partition coefficient (Wildman–Crippen LogP) is 17.6. The van der Waals surface area contributed by atoms with Crippen LogP contribution in [-0.2, 0) is 28.6 Å². The third-order valence-electron chi connectivity index (χ3n) is 11.5. The molecule has 0 bridgehead atoms. The molecule has 63 heavy (non-hydrogen) atoms. The Labute approximate surface area is 390 Å². The molecule has 1 unspecified atom stereocenters. The molecular formula is C57H100O6. The van der Waals surface area contributed by atoms with Crippen molar-refractivity contribution in [2.45, 2.75) is 271 Å². The molecule has 0 fully saturated rings. The van der Waals surface area contributed by atoms with Gasteiger partial charge < -0.3 is 14.2 Å². The zero-order chi connectivity index (χ0) is 45.8. The molecule has 0 N–H and O–H groups in total. The summed E-state index contributed by atoms with van der Waals surface area (Å²) in [5, 5.41) is 0. The van der Waals surface area contributed by atoms with Gasteiger partial charge >= 0.3 is 17.9 Å². The van der Waals surface area contributed by atoms with Gasteiger partial charge in [-0.2, -0.15) is 0 Å². The molecule has 6 heteroatoms. The summed E-state index contributed by atoms with van der Waals surface area (Å²) in [7, 11) is 0. The minimum atomic E-state index is -0.781. The third-order valence-corrected chi connectivity index (χ3v) is 11.5. The number of allylic oxidation sites excluding steroid dienone is 10. The number of ether oxygens (including phenoxy) is 3. The monoisotopic (exact) mass is 881 g/mol. The summed E-state index contributed by atoms with van der Waals surface area (Å²) in [6.07, 6.45) is 63.5. The van der Waals surface area contributed by atoms with Crippen LogP contribution in [0, 0.1) is 0 Å². The molecule has 0 rings (SSSR count). The van der Waals surface area contributed by atoms with Crippen molar-refractivity contribution in [2.24, 2.45) is 0 Å². The van der Waals surface area contributed by atoms with E-state index in [1.54, 1.807) is 0 Å². The number of esters is 3. The maximum absolute atomic E-state index is 12.8.